The summed E-state index contributed by atoms with van der Waals surface area (Å²) in [5.41, 5.74) is 7.48. The Morgan fingerprint density at radius 3 is 2.94 bits per heavy atom. The summed E-state index contributed by atoms with van der Waals surface area (Å²) in [6.45, 7) is 6.01. The largest absolute Gasteiger partial charge is 0.378 e. The van der Waals surface area contributed by atoms with Gasteiger partial charge >= 0.3 is 0 Å². The van der Waals surface area contributed by atoms with E-state index in [4.69, 9.17) is 10.5 Å². The maximum Gasteiger partial charge on any atom is 0.0580 e. The van der Waals surface area contributed by atoms with Crippen molar-refractivity contribution >= 4 is 0 Å². The number of rotatable bonds is 7. The van der Waals surface area contributed by atoms with E-state index in [9.17, 15) is 0 Å². The maximum atomic E-state index is 6.30. The van der Waals surface area contributed by atoms with Gasteiger partial charge in [0.15, 0.2) is 0 Å². The molecule has 0 amide bonds. The number of aromatic nitrogens is 2. The molecule has 0 bridgehead atoms. The zero-order chi connectivity index (χ0) is 13.0. The van der Waals surface area contributed by atoms with E-state index in [1.165, 1.54) is 18.5 Å². The van der Waals surface area contributed by atoms with Crippen molar-refractivity contribution < 1.29 is 4.74 Å². The second kappa shape index (κ2) is 6.34. The summed E-state index contributed by atoms with van der Waals surface area (Å²) in [5, 5.41) is 4.33. The SMILES string of the molecule is CCCn1nccc1C(N)CC1CC(OCC)C1. The van der Waals surface area contributed by atoms with Gasteiger partial charge in [0.2, 0.25) is 0 Å². The minimum absolute atomic E-state index is 0.117. The van der Waals surface area contributed by atoms with E-state index in [1.54, 1.807) is 0 Å². The van der Waals surface area contributed by atoms with E-state index >= 15 is 0 Å². The molecule has 1 aromatic heterocycles. The lowest BCUT2D eigenvalue weighted by Gasteiger charge is -2.36. The topological polar surface area (TPSA) is 53.1 Å². The minimum atomic E-state index is 0.117. The first kappa shape index (κ1) is 13.6. The van der Waals surface area contributed by atoms with Gasteiger partial charge in [0.25, 0.3) is 0 Å². The van der Waals surface area contributed by atoms with Crippen molar-refractivity contribution in [3.8, 4) is 0 Å². The molecule has 102 valence electrons. The Bertz CT molecular complexity index is 358. The highest BCUT2D eigenvalue weighted by molar-refractivity contribution is 5.07. The summed E-state index contributed by atoms with van der Waals surface area (Å²) in [5.74, 6) is 0.724. The zero-order valence-corrected chi connectivity index (χ0v) is 11.5. The fraction of sp³-hybridized carbons (Fsp3) is 0.786. The van der Waals surface area contributed by atoms with E-state index in [1.807, 2.05) is 10.9 Å². The minimum Gasteiger partial charge on any atom is -0.378 e. The number of ether oxygens (including phenoxy) is 1. The molecule has 1 aliphatic rings. The van der Waals surface area contributed by atoms with Crippen LogP contribution in [0.4, 0.5) is 0 Å². The van der Waals surface area contributed by atoms with Gasteiger partial charge in [-0.25, -0.2) is 0 Å². The van der Waals surface area contributed by atoms with Crippen LogP contribution in [-0.2, 0) is 11.3 Å². The normalized spacial score (nSPS) is 24.8. The van der Waals surface area contributed by atoms with E-state index < -0.39 is 0 Å². The lowest BCUT2D eigenvalue weighted by atomic mass is 9.78. The zero-order valence-electron chi connectivity index (χ0n) is 11.5. The van der Waals surface area contributed by atoms with Crippen molar-refractivity contribution in [2.45, 2.75) is 58.2 Å². The molecule has 2 rings (SSSR count). The van der Waals surface area contributed by atoms with Crippen LogP contribution in [0, 0.1) is 5.92 Å². The molecule has 0 radical (unpaired) electrons. The molecular weight excluding hydrogens is 226 g/mol. The van der Waals surface area contributed by atoms with Gasteiger partial charge in [0, 0.05) is 25.4 Å². The van der Waals surface area contributed by atoms with Gasteiger partial charge in [-0.1, -0.05) is 6.92 Å². The molecule has 1 saturated carbocycles. The maximum absolute atomic E-state index is 6.30. The third kappa shape index (κ3) is 3.12. The van der Waals surface area contributed by atoms with E-state index in [0.717, 1.165) is 31.9 Å². The smallest absolute Gasteiger partial charge is 0.0580 e. The van der Waals surface area contributed by atoms with Crippen LogP contribution in [0.2, 0.25) is 0 Å². The Hall–Kier alpha value is -0.870. The van der Waals surface area contributed by atoms with Gasteiger partial charge in [0.05, 0.1) is 11.8 Å². The summed E-state index contributed by atoms with van der Waals surface area (Å²) in [7, 11) is 0. The molecule has 4 heteroatoms. The molecule has 0 aliphatic heterocycles. The fourth-order valence-corrected chi connectivity index (χ4v) is 2.78. The van der Waals surface area contributed by atoms with Gasteiger partial charge < -0.3 is 10.5 Å². The van der Waals surface area contributed by atoms with Gasteiger partial charge in [0.1, 0.15) is 0 Å². The Kier molecular flexibility index (Phi) is 4.78. The van der Waals surface area contributed by atoms with Crippen molar-refractivity contribution in [3.05, 3.63) is 18.0 Å². The lowest BCUT2D eigenvalue weighted by Crippen LogP contribution is -2.34. The van der Waals surface area contributed by atoms with E-state index in [2.05, 4.69) is 25.0 Å². The van der Waals surface area contributed by atoms with Gasteiger partial charge in [-0.2, -0.15) is 5.10 Å². The number of nitrogens with two attached hydrogens (primary N) is 1. The van der Waals surface area contributed by atoms with Crippen molar-refractivity contribution in [1.82, 2.24) is 9.78 Å². The predicted octanol–water partition coefficient (Wildman–Crippen LogP) is 2.50. The van der Waals surface area contributed by atoms with Crippen LogP contribution in [0.1, 0.15) is 51.3 Å². The monoisotopic (exact) mass is 251 g/mol. The highest BCUT2D eigenvalue weighted by atomic mass is 16.5. The summed E-state index contributed by atoms with van der Waals surface area (Å²) < 4.78 is 7.63. The number of hydrogen-bond acceptors (Lipinski definition) is 3. The summed E-state index contributed by atoms with van der Waals surface area (Å²) >= 11 is 0. The molecule has 18 heavy (non-hydrogen) atoms. The van der Waals surface area contributed by atoms with Crippen LogP contribution in [0.5, 0.6) is 0 Å². The van der Waals surface area contributed by atoms with Crippen LogP contribution < -0.4 is 5.73 Å². The van der Waals surface area contributed by atoms with Crippen molar-refractivity contribution in [3.63, 3.8) is 0 Å². The number of nitrogens with zero attached hydrogens (tertiary/aromatic N) is 2. The quantitative estimate of drug-likeness (QED) is 0.810. The van der Waals surface area contributed by atoms with Crippen LogP contribution in [0.25, 0.3) is 0 Å². The van der Waals surface area contributed by atoms with Gasteiger partial charge in [-0.05, 0) is 44.6 Å². The Labute approximate surface area is 110 Å². The van der Waals surface area contributed by atoms with Crippen molar-refractivity contribution in [1.29, 1.82) is 0 Å². The first-order chi connectivity index (χ1) is 8.74. The molecule has 0 saturated heterocycles. The Balaban J connectivity index is 1.81. The van der Waals surface area contributed by atoms with Crippen molar-refractivity contribution in [2.75, 3.05) is 6.61 Å². The highest BCUT2D eigenvalue weighted by Gasteiger charge is 2.31. The molecule has 1 heterocycles. The first-order valence-electron chi connectivity index (χ1n) is 7.13. The molecule has 0 spiro atoms. The summed E-state index contributed by atoms with van der Waals surface area (Å²) in [6.07, 6.45) is 6.82. The van der Waals surface area contributed by atoms with E-state index in [0.29, 0.717) is 6.10 Å². The molecule has 1 atom stereocenters. The molecule has 2 N–H and O–H groups in total. The number of hydrogen-bond donors (Lipinski definition) is 1. The van der Waals surface area contributed by atoms with Crippen LogP contribution >= 0.6 is 0 Å². The highest BCUT2D eigenvalue weighted by Crippen LogP contribution is 2.36. The first-order valence-corrected chi connectivity index (χ1v) is 7.13. The Morgan fingerprint density at radius 2 is 2.28 bits per heavy atom. The average molecular weight is 251 g/mol. The van der Waals surface area contributed by atoms with Gasteiger partial charge in [-0.15, -0.1) is 0 Å². The van der Waals surface area contributed by atoms with Gasteiger partial charge in [-0.3, -0.25) is 4.68 Å². The summed E-state index contributed by atoms with van der Waals surface area (Å²) in [6, 6.07) is 2.17. The van der Waals surface area contributed by atoms with Crippen LogP contribution in [0.3, 0.4) is 0 Å². The Morgan fingerprint density at radius 1 is 1.50 bits per heavy atom. The molecule has 1 aromatic rings. The summed E-state index contributed by atoms with van der Waals surface area (Å²) in [4.78, 5) is 0. The third-order valence-electron chi connectivity index (χ3n) is 3.75. The lowest BCUT2D eigenvalue weighted by molar-refractivity contribution is -0.0283. The molecular formula is C14H25N3O. The number of aryl methyl sites for hydroxylation is 1. The fourth-order valence-electron chi connectivity index (χ4n) is 2.78. The second-order valence-electron chi connectivity index (χ2n) is 5.24. The molecule has 1 unspecified atom stereocenters. The third-order valence-corrected chi connectivity index (χ3v) is 3.75. The average Bonchev–Trinajstić information content (AvgIpc) is 2.75. The van der Waals surface area contributed by atoms with E-state index in [-0.39, 0.29) is 6.04 Å². The van der Waals surface area contributed by atoms with Crippen LogP contribution in [-0.4, -0.2) is 22.5 Å². The molecule has 0 aromatic carbocycles. The second-order valence-corrected chi connectivity index (χ2v) is 5.24. The molecule has 1 fully saturated rings. The molecule has 4 nitrogen and oxygen atoms in total. The van der Waals surface area contributed by atoms with Crippen LogP contribution in [0.15, 0.2) is 12.3 Å². The predicted molar refractivity (Wildman–Crippen MR) is 72.2 cm³/mol. The molecule has 1 aliphatic carbocycles. The van der Waals surface area contributed by atoms with Crippen molar-refractivity contribution in [2.24, 2.45) is 11.7 Å². The standard InChI is InChI=1S/C14H25N3O/c1-3-7-17-14(5-6-16-17)13(15)10-11-8-12(9-11)18-4-2/h5-6,11-13H,3-4,7-10,15H2,1-2H3.